The van der Waals surface area contributed by atoms with Gasteiger partial charge < -0.3 is 10.1 Å². The fourth-order valence-electron chi connectivity index (χ4n) is 2.17. The predicted octanol–water partition coefficient (Wildman–Crippen LogP) is 4.99. The Bertz CT molecular complexity index is 580. The van der Waals surface area contributed by atoms with Gasteiger partial charge in [-0.15, -0.1) is 0 Å². The summed E-state index contributed by atoms with van der Waals surface area (Å²) < 4.78 is 19.9. The molecule has 0 spiro atoms. The van der Waals surface area contributed by atoms with Crippen LogP contribution in [-0.2, 0) is 0 Å². The number of rotatable bonds is 6. The smallest absolute Gasteiger partial charge is 0.167 e. The molecule has 0 bridgehead atoms. The topological polar surface area (TPSA) is 21.3 Å². The van der Waals surface area contributed by atoms with Crippen LogP contribution in [0, 0.1) is 12.7 Å². The van der Waals surface area contributed by atoms with E-state index in [1.807, 2.05) is 44.2 Å². The second-order valence-electron chi connectivity index (χ2n) is 5.25. The van der Waals surface area contributed by atoms with Crippen molar-refractivity contribution in [2.45, 2.75) is 33.2 Å². The van der Waals surface area contributed by atoms with Crippen molar-refractivity contribution in [1.82, 2.24) is 5.32 Å². The Labute approximate surface area is 126 Å². The highest BCUT2D eigenvalue weighted by atomic mass is 19.1. The third kappa shape index (κ3) is 4.05. The van der Waals surface area contributed by atoms with E-state index >= 15 is 0 Å². The molecule has 1 unspecified atom stereocenters. The highest BCUT2D eigenvalue weighted by Gasteiger charge is 2.15. The summed E-state index contributed by atoms with van der Waals surface area (Å²) in [5.74, 6) is 0.616. The maximum absolute atomic E-state index is 14.1. The number of aryl methyl sites for hydroxylation is 1. The predicted molar refractivity (Wildman–Crippen MR) is 84.4 cm³/mol. The van der Waals surface area contributed by atoms with Gasteiger partial charge in [0.25, 0.3) is 0 Å². The zero-order valence-corrected chi connectivity index (χ0v) is 12.8. The normalized spacial score (nSPS) is 12.2. The van der Waals surface area contributed by atoms with Crippen molar-refractivity contribution in [2.75, 3.05) is 6.54 Å². The van der Waals surface area contributed by atoms with Gasteiger partial charge in [-0.05, 0) is 45.0 Å². The fraction of sp³-hybridized carbons (Fsp3) is 0.333. The average Bonchev–Trinajstić information content (AvgIpc) is 2.49. The van der Waals surface area contributed by atoms with Crippen LogP contribution in [0.4, 0.5) is 4.39 Å². The Morgan fingerprint density at radius 2 is 1.86 bits per heavy atom. The van der Waals surface area contributed by atoms with Gasteiger partial charge in [0, 0.05) is 11.6 Å². The van der Waals surface area contributed by atoms with Gasteiger partial charge in [-0.2, -0.15) is 0 Å². The zero-order valence-electron chi connectivity index (χ0n) is 12.8. The Kier molecular flexibility index (Phi) is 5.34. The Balaban J connectivity index is 2.26. The number of hydrogen-bond acceptors (Lipinski definition) is 2. The molecule has 2 aromatic carbocycles. The van der Waals surface area contributed by atoms with Crippen LogP contribution in [0.5, 0.6) is 11.5 Å². The van der Waals surface area contributed by atoms with Crippen LogP contribution >= 0.6 is 0 Å². The Morgan fingerprint density at radius 3 is 2.52 bits per heavy atom. The van der Waals surface area contributed by atoms with Crippen LogP contribution in [0.25, 0.3) is 0 Å². The highest BCUT2D eigenvalue weighted by molar-refractivity contribution is 5.41. The molecule has 0 aliphatic heterocycles. The number of benzene rings is 2. The summed E-state index contributed by atoms with van der Waals surface area (Å²) >= 11 is 0. The standard InChI is InChI=1S/C18H22FNO/c1-4-12-20-14(3)16-6-5-7-17(19)18(16)21-15-10-8-13(2)9-11-15/h5-11,14,20H,4,12H2,1-3H3. The van der Waals surface area contributed by atoms with Gasteiger partial charge >= 0.3 is 0 Å². The van der Waals surface area contributed by atoms with E-state index in [-0.39, 0.29) is 11.9 Å². The molecule has 21 heavy (non-hydrogen) atoms. The minimum Gasteiger partial charge on any atom is -0.454 e. The third-order valence-electron chi connectivity index (χ3n) is 3.41. The number of hydrogen-bond donors (Lipinski definition) is 1. The zero-order chi connectivity index (χ0) is 15.2. The van der Waals surface area contributed by atoms with Crippen molar-refractivity contribution in [3.05, 3.63) is 59.4 Å². The molecule has 0 saturated heterocycles. The van der Waals surface area contributed by atoms with E-state index in [0.717, 1.165) is 24.1 Å². The first-order valence-electron chi connectivity index (χ1n) is 7.38. The molecular weight excluding hydrogens is 265 g/mol. The minimum absolute atomic E-state index is 0.0427. The van der Waals surface area contributed by atoms with Crippen molar-refractivity contribution < 1.29 is 9.13 Å². The summed E-state index contributed by atoms with van der Waals surface area (Å²) in [6, 6.07) is 12.7. The molecule has 3 heteroatoms. The quantitative estimate of drug-likeness (QED) is 0.808. The lowest BCUT2D eigenvalue weighted by atomic mass is 10.1. The molecule has 2 rings (SSSR count). The molecule has 0 heterocycles. The van der Waals surface area contributed by atoms with Crippen molar-refractivity contribution in [3.63, 3.8) is 0 Å². The number of para-hydroxylation sites is 1. The second kappa shape index (κ2) is 7.23. The molecule has 2 nitrogen and oxygen atoms in total. The Hall–Kier alpha value is -1.87. The highest BCUT2D eigenvalue weighted by Crippen LogP contribution is 2.32. The van der Waals surface area contributed by atoms with Crippen LogP contribution in [0.2, 0.25) is 0 Å². The molecule has 0 saturated carbocycles. The van der Waals surface area contributed by atoms with Crippen LogP contribution in [-0.4, -0.2) is 6.54 Å². The van der Waals surface area contributed by atoms with Gasteiger partial charge in [0.1, 0.15) is 5.75 Å². The number of ether oxygens (including phenoxy) is 1. The van der Waals surface area contributed by atoms with Gasteiger partial charge in [0.2, 0.25) is 0 Å². The summed E-state index contributed by atoms with van der Waals surface area (Å²) in [5, 5.41) is 3.36. The van der Waals surface area contributed by atoms with E-state index in [2.05, 4.69) is 12.2 Å². The lowest BCUT2D eigenvalue weighted by molar-refractivity contribution is 0.425. The molecule has 1 N–H and O–H groups in total. The first kappa shape index (κ1) is 15.5. The maximum Gasteiger partial charge on any atom is 0.167 e. The van der Waals surface area contributed by atoms with Crippen LogP contribution in [0.15, 0.2) is 42.5 Å². The largest absolute Gasteiger partial charge is 0.454 e. The number of nitrogens with one attached hydrogen (secondary N) is 1. The maximum atomic E-state index is 14.1. The van der Waals surface area contributed by atoms with E-state index in [4.69, 9.17) is 4.74 Å². The molecule has 0 amide bonds. The van der Waals surface area contributed by atoms with Crippen LogP contribution < -0.4 is 10.1 Å². The Morgan fingerprint density at radius 1 is 1.14 bits per heavy atom. The molecule has 0 aromatic heterocycles. The van der Waals surface area contributed by atoms with E-state index < -0.39 is 0 Å². The van der Waals surface area contributed by atoms with Crippen LogP contribution in [0.1, 0.15) is 37.4 Å². The van der Waals surface area contributed by atoms with Crippen molar-refractivity contribution in [1.29, 1.82) is 0 Å². The van der Waals surface area contributed by atoms with Crippen molar-refractivity contribution >= 4 is 0 Å². The van der Waals surface area contributed by atoms with E-state index in [1.54, 1.807) is 6.07 Å². The molecule has 112 valence electrons. The fourth-order valence-corrected chi connectivity index (χ4v) is 2.17. The molecule has 0 aliphatic rings. The van der Waals surface area contributed by atoms with Gasteiger partial charge in [-0.1, -0.05) is 36.8 Å². The second-order valence-corrected chi connectivity index (χ2v) is 5.25. The van der Waals surface area contributed by atoms with E-state index in [1.165, 1.54) is 6.07 Å². The lowest BCUT2D eigenvalue weighted by Gasteiger charge is -2.18. The average molecular weight is 287 g/mol. The molecular formula is C18H22FNO. The molecule has 0 aliphatic carbocycles. The summed E-state index contributed by atoms with van der Waals surface area (Å²) in [4.78, 5) is 0. The first-order chi connectivity index (χ1) is 10.1. The van der Waals surface area contributed by atoms with Gasteiger partial charge in [0.15, 0.2) is 11.6 Å². The van der Waals surface area contributed by atoms with E-state index in [9.17, 15) is 4.39 Å². The monoisotopic (exact) mass is 287 g/mol. The summed E-state index contributed by atoms with van der Waals surface area (Å²) in [5.41, 5.74) is 1.98. The van der Waals surface area contributed by atoms with E-state index in [0.29, 0.717) is 11.5 Å². The van der Waals surface area contributed by atoms with Crippen LogP contribution in [0.3, 0.4) is 0 Å². The minimum atomic E-state index is -0.335. The molecule has 0 fully saturated rings. The van der Waals surface area contributed by atoms with Crippen molar-refractivity contribution in [2.24, 2.45) is 0 Å². The summed E-state index contributed by atoms with van der Waals surface area (Å²) in [6.07, 6.45) is 1.04. The SMILES string of the molecule is CCCNC(C)c1cccc(F)c1Oc1ccc(C)cc1. The molecule has 0 radical (unpaired) electrons. The number of halogens is 1. The third-order valence-corrected chi connectivity index (χ3v) is 3.41. The molecule has 2 aromatic rings. The van der Waals surface area contributed by atoms with Gasteiger partial charge in [-0.3, -0.25) is 0 Å². The lowest BCUT2D eigenvalue weighted by Crippen LogP contribution is -2.20. The first-order valence-corrected chi connectivity index (χ1v) is 7.38. The molecule has 1 atom stereocenters. The van der Waals surface area contributed by atoms with Gasteiger partial charge in [-0.25, -0.2) is 4.39 Å². The summed E-state index contributed by atoms with van der Waals surface area (Å²) in [7, 11) is 0. The van der Waals surface area contributed by atoms with Gasteiger partial charge in [0.05, 0.1) is 0 Å². The summed E-state index contributed by atoms with van der Waals surface area (Å²) in [6.45, 7) is 7.03. The van der Waals surface area contributed by atoms with Crippen molar-refractivity contribution in [3.8, 4) is 11.5 Å².